The fraction of sp³-hybridized carbons (Fsp3) is 0.769. The Labute approximate surface area is 85.6 Å². The number of allylic oxidation sites excluding steroid dienone is 2. The van der Waals surface area contributed by atoms with Gasteiger partial charge in [-0.2, -0.15) is 0 Å². The molecule has 2 bridgehead atoms. The van der Waals surface area contributed by atoms with Gasteiger partial charge in [0.2, 0.25) is 0 Å². The third-order valence-corrected chi connectivity index (χ3v) is 4.40. The van der Waals surface area contributed by atoms with Crippen molar-refractivity contribution in [3.05, 3.63) is 12.2 Å². The molecule has 0 amide bonds. The molecule has 3 aliphatic rings. The first kappa shape index (κ1) is 8.70. The molecule has 0 aliphatic heterocycles. The predicted octanol–water partition coefficient (Wildman–Crippen LogP) is 2.96. The van der Waals surface area contributed by atoms with Gasteiger partial charge in [-0.3, -0.25) is 4.79 Å². The lowest BCUT2D eigenvalue weighted by Gasteiger charge is -2.21. The summed E-state index contributed by atoms with van der Waals surface area (Å²) in [6.07, 6.45) is 11.9. The molecule has 2 fully saturated rings. The lowest BCUT2D eigenvalue weighted by Crippen LogP contribution is -2.11. The minimum atomic E-state index is 0.508. The molecule has 4 atom stereocenters. The monoisotopic (exact) mass is 190 g/mol. The van der Waals surface area contributed by atoms with Crippen LogP contribution in [0.2, 0.25) is 0 Å². The van der Waals surface area contributed by atoms with Crippen LogP contribution in [-0.2, 0) is 4.79 Å². The van der Waals surface area contributed by atoms with Crippen molar-refractivity contribution in [1.82, 2.24) is 0 Å². The maximum atomic E-state index is 11.2. The number of Topliss-reactive ketones (excluding diaryl/α,β-unsaturated/α-hetero) is 1. The Balaban J connectivity index is 1.58. The summed E-state index contributed by atoms with van der Waals surface area (Å²) in [5.74, 6) is 3.92. The van der Waals surface area contributed by atoms with Crippen molar-refractivity contribution in [2.75, 3.05) is 0 Å². The summed E-state index contributed by atoms with van der Waals surface area (Å²) in [6, 6.07) is 0. The summed E-state index contributed by atoms with van der Waals surface area (Å²) >= 11 is 0. The minimum absolute atomic E-state index is 0.508. The van der Waals surface area contributed by atoms with E-state index in [1.165, 1.54) is 25.7 Å². The molecule has 76 valence electrons. The van der Waals surface area contributed by atoms with Crippen molar-refractivity contribution < 1.29 is 4.79 Å². The van der Waals surface area contributed by atoms with Gasteiger partial charge < -0.3 is 0 Å². The van der Waals surface area contributed by atoms with E-state index in [1.54, 1.807) is 0 Å². The quantitative estimate of drug-likeness (QED) is 0.612. The largest absolute Gasteiger partial charge is 0.300 e. The first-order valence-corrected chi connectivity index (χ1v) is 6.01. The molecule has 4 unspecified atom stereocenters. The van der Waals surface area contributed by atoms with Gasteiger partial charge in [0.1, 0.15) is 5.78 Å². The Morgan fingerprint density at radius 3 is 2.79 bits per heavy atom. The number of rotatable bonds is 2. The molecular weight excluding hydrogens is 172 g/mol. The Kier molecular flexibility index (Phi) is 2.00. The SMILES string of the molecule is O=C1CCC(CC2CC3C=CC2C3)C1. The number of carbonyl (C=O) groups is 1. The lowest BCUT2D eigenvalue weighted by atomic mass is 9.84. The van der Waals surface area contributed by atoms with Crippen LogP contribution in [0.1, 0.15) is 38.5 Å². The van der Waals surface area contributed by atoms with Gasteiger partial charge in [0.05, 0.1) is 0 Å². The molecule has 0 radical (unpaired) electrons. The van der Waals surface area contributed by atoms with Crippen LogP contribution in [0.4, 0.5) is 0 Å². The fourth-order valence-electron chi connectivity index (χ4n) is 3.69. The van der Waals surface area contributed by atoms with Crippen LogP contribution in [0.15, 0.2) is 12.2 Å². The van der Waals surface area contributed by atoms with Crippen LogP contribution >= 0.6 is 0 Å². The molecule has 0 spiro atoms. The molecule has 14 heavy (non-hydrogen) atoms. The second-order valence-electron chi connectivity index (χ2n) is 5.42. The molecule has 1 nitrogen and oxygen atoms in total. The van der Waals surface area contributed by atoms with Crippen LogP contribution in [0.25, 0.3) is 0 Å². The van der Waals surface area contributed by atoms with Crippen molar-refractivity contribution in [1.29, 1.82) is 0 Å². The topological polar surface area (TPSA) is 17.1 Å². The molecule has 0 aromatic carbocycles. The number of hydrogen-bond donors (Lipinski definition) is 0. The van der Waals surface area contributed by atoms with E-state index < -0.39 is 0 Å². The third kappa shape index (κ3) is 1.43. The Bertz CT molecular complexity index is 279. The molecule has 2 saturated carbocycles. The summed E-state index contributed by atoms with van der Waals surface area (Å²) in [6.45, 7) is 0. The molecule has 3 rings (SSSR count). The van der Waals surface area contributed by atoms with E-state index in [9.17, 15) is 4.79 Å². The van der Waals surface area contributed by atoms with Gasteiger partial charge in [-0.15, -0.1) is 0 Å². The number of fused-ring (bicyclic) bond motifs is 2. The van der Waals surface area contributed by atoms with E-state index in [1.807, 2.05) is 0 Å². The molecular formula is C13H18O. The summed E-state index contributed by atoms with van der Waals surface area (Å²) in [5.41, 5.74) is 0. The fourth-order valence-corrected chi connectivity index (χ4v) is 3.69. The zero-order valence-electron chi connectivity index (χ0n) is 8.61. The van der Waals surface area contributed by atoms with Gasteiger partial charge in [0.25, 0.3) is 0 Å². The average Bonchev–Trinajstić information content (AvgIpc) is 2.82. The van der Waals surface area contributed by atoms with E-state index in [0.717, 1.165) is 36.5 Å². The highest BCUT2D eigenvalue weighted by atomic mass is 16.1. The van der Waals surface area contributed by atoms with Gasteiger partial charge >= 0.3 is 0 Å². The van der Waals surface area contributed by atoms with Gasteiger partial charge in [-0.25, -0.2) is 0 Å². The number of ketones is 1. The normalized spacial score (nSPS) is 45.3. The van der Waals surface area contributed by atoms with Crippen molar-refractivity contribution in [2.24, 2.45) is 23.7 Å². The van der Waals surface area contributed by atoms with Gasteiger partial charge in [0.15, 0.2) is 0 Å². The minimum Gasteiger partial charge on any atom is -0.300 e. The van der Waals surface area contributed by atoms with Crippen LogP contribution in [0.3, 0.4) is 0 Å². The highest BCUT2D eigenvalue weighted by Crippen LogP contribution is 2.47. The van der Waals surface area contributed by atoms with Crippen LogP contribution in [0.5, 0.6) is 0 Å². The number of hydrogen-bond acceptors (Lipinski definition) is 1. The Morgan fingerprint density at radius 1 is 1.29 bits per heavy atom. The van der Waals surface area contributed by atoms with E-state index in [4.69, 9.17) is 0 Å². The summed E-state index contributed by atoms with van der Waals surface area (Å²) < 4.78 is 0. The van der Waals surface area contributed by atoms with Crippen LogP contribution < -0.4 is 0 Å². The standard InChI is InChI=1S/C13H18O/c14-13-4-2-10(8-13)7-12-6-9-1-3-11(12)5-9/h1,3,9-12H,2,4-8H2. The smallest absolute Gasteiger partial charge is 0.133 e. The molecule has 0 aromatic rings. The maximum Gasteiger partial charge on any atom is 0.133 e. The molecule has 0 N–H and O–H groups in total. The Morgan fingerprint density at radius 2 is 2.21 bits per heavy atom. The van der Waals surface area contributed by atoms with E-state index >= 15 is 0 Å². The Hall–Kier alpha value is -0.590. The van der Waals surface area contributed by atoms with Gasteiger partial charge in [-0.05, 0) is 49.4 Å². The third-order valence-electron chi connectivity index (χ3n) is 4.40. The molecule has 0 aromatic heterocycles. The first-order chi connectivity index (χ1) is 6.81. The highest BCUT2D eigenvalue weighted by molar-refractivity contribution is 5.80. The number of carbonyl (C=O) groups excluding carboxylic acids is 1. The van der Waals surface area contributed by atoms with E-state index in [-0.39, 0.29) is 0 Å². The second kappa shape index (κ2) is 3.22. The van der Waals surface area contributed by atoms with Crippen molar-refractivity contribution >= 4 is 5.78 Å². The van der Waals surface area contributed by atoms with Crippen molar-refractivity contribution in [3.63, 3.8) is 0 Å². The molecule has 0 saturated heterocycles. The molecule has 0 heterocycles. The molecule has 3 aliphatic carbocycles. The zero-order chi connectivity index (χ0) is 9.54. The van der Waals surface area contributed by atoms with E-state index in [2.05, 4.69) is 12.2 Å². The van der Waals surface area contributed by atoms with Crippen molar-refractivity contribution in [3.8, 4) is 0 Å². The first-order valence-electron chi connectivity index (χ1n) is 6.01. The van der Waals surface area contributed by atoms with Crippen LogP contribution in [-0.4, -0.2) is 5.78 Å². The average molecular weight is 190 g/mol. The summed E-state index contributed by atoms with van der Waals surface area (Å²) in [7, 11) is 0. The second-order valence-corrected chi connectivity index (χ2v) is 5.42. The summed E-state index contributed by atoms with van der Waals surface area (Å²) in [5, 5.41) is 0. The molecule has 1 heteroatoms. The van der Waals surface area contributed by atoms with Crippen LogP contribution in [0, 0.1) is 23.7 Å². The van der Waals surface area contributed by atoms with Gasteiger partial charge in [0, 0.05) is 12.8 Å². The predicted molar refractivity (Wildman–Crippen MR) is 55.8 cm³/mol. The van der Waals surface area contributed by atoms with E-state index in [0.29, 0.717) is 5.78 Å². The maximum absolute atomic E-state index is 11.2. The zero-order valence-corrected chi connectivity index (χ0v) is 8.61. The highest BCUT2D eigenvalue weighted by Gasteiger charge is 2.37. The van der Waals surface area contributed by atoms with Crippen molar-refractivity contribution in [2.45, 2.75) is 38.5 Å². The summed E-state index contributed by atoms with van der Waals surface area (Å²) in [4.78, 5) is 11.2. The van der Waals surface area contributed by atoms with Gasteiger partial charge in [-0.1, -0.05) is 12.2 Å². The lowest BCUT2D eigenvalue weighted by molar-refractivity contribution is -0.117.